The van der Waals surface area contributed by atoms with Crippen LogP contribution in [0.1, 0.15) is 36.0 Å². The lowest BCUT2D eigenvalue weighted by atomic mass is 9.79. The molecular weight excluding hydrogens is 268 g/mol. The first-order valence-corrected chi connectivity index (χ1v) is 7.90. The van der Waals surface area contributed by atoms with Crippen LogP contribution in [0, 0.1) is 5.92 Å². The van der Waals surface area contributed by atoms with E-state index in [1.807, 2.05) is 30.3 Å². The zero-order chi connectivity index (χ0) is 13.9. The van der Waals surface area contributed by atoms with Crippen molar-refractivity contribution in [1.29, 1.82) is 0 Å². The van der Waals surface area contributed by atoms with Crippen molar-refractivity contribution in [2.75, 3.05) is 0 Å². The minimum Gasteiger partial charge on any atom is -0.347 e. The summed E-state index contributed by atoms with van der Waals surface area (Å²) in [6.45, 7) is 2.20. The van der Waals surface area contributed by atoms with E-state index in [4.69, 9.17) is 0 Å². The van der Waals surface area contributed by atoms with Crippen LogP contribution in [0.4, 0.5) is 0 Å². The number of nitrogens with zero attached hydrogens (tertiary/aromatic N) is 1. The molecule has 1 heterocycles. The zero-order valence-corrected chi connectivity index (χ0v) is 12.3. The van der Waals surface area contributed by atoms with Crippen LogP contribution < -0.4 is 5.32 Å². The Morgan fingerprint density at radius 1 is 1.35 bits per heavy atom. The standard InChI is InChI=1S/C16H18N2OS/c1-2-11-8-13(9-11)18-15(19)16-17-10-14(20-16)12-6-4-3-5-7-12/h3-7,10-11,13H,2,8-9H2,1H3,(H,18,19)/t11-,13-. The smallest absolute Gasteiger partial charge is 0.280 e. The van der Waals surface area contributed by atoms with Crippen molar-refractivity contribution < 1.29 is 4.79 Å². The number of carbonyl (C=O) groups excluding carboxylic acids is 1. The van der Waals surface area contributed by atoms with Crippen LogP contribution in [0.5, 0.6) is 0 Å². The monoisotopic (exact) mass is 286 g/mol. The maximum absolute atomic E-state index is 12.1. The fourth-order valence-electron chi connectivity index (χ4n) is 2.55. The average molecular weight is 286 g/mol. The van der Waals surface area contributed by atoms with Crippen LogP contribution in [-0.2, 0) is 0 Å². The number of benzene rings is 1. The van der Waals surface area contributed by atoms with Crippen LogP contribution in [-0.4, -0.2) is 16.9 Å². The van der Waals surface area contributed by atoms with Crippen molar-refractivity contribution in [2.45, 2.75) is 32.2 Å². The van der Waals surface area contributed by atoms with Gasteiger partial charge in [-0.25, -0.2) is 4.98 Å². The number of aromatic nitrogens is 1. The Labute approximate surface area is 123 Å². The summed E-state index contributed by atoms with van der Waals surface area (Å²) in [6.07, 6.45) is 5.21. The van der Waals surface area contributed by atoms with Gasteiger partial charge in [-0.05, 0) is 24.3 Å². The maximum atomic E-state index is 12.1. The minimum absolute atomic E-state index is 0.0308. The molecule has 2 aromatic rings. The summed E-state index contributed by atoms with van der Waals surface area (Å²) >= 11 is 1.45. The van der Waals surface area contributed by atoms with Gasteiger partial charge in [0.15, 0.2) is 5.01 Å². The van der Waals surface area contributed by atoms with Gasteiger partial charge in [0.05, 0.1) is 4.88 Å². The minimum atomic E-state index is -0.0308. The molecule has 0 saturated heterocycles. The van der Waals surface area contributed by atoms with Gasteiger partial charge < -0.3 is 5.32 Å². The molecule has 3 rings (SSSR count). The molecule has 104 valence electrons. The Morgan fingerprint density at radius 3 is 2.80 bits per heavy atom. The summed E-state index contributed by atoms with van der Waals surface area (Å²) in [6, 6.07) is 10.4. The molecule has 1 aliphatic carbocycles. The predicted octanol–water partition coefficient (Wildman–Crippen LogP) is 3.73. The summed E-state index contributed by atoms with van der Waals surface area (Å²) in [7, 11) is 0. The third-order valence-electron chi connectivity index (χ3n) is 3.91. The van der Waals surface area contributed by atoms with Gasteiger partial charge in [0.25, 0.3) is 5.91 Å². The van der Waals surface area contributed by atoms with E-state index in [1.165, 1.54) is 17.8 Å². The van der Waals surface area contributed by atoms with E-state index in [1.54, 1.807) is 6.20 Å². The van der Waals surface area contributed by atoms with E-state index >= 15 is 0 Å². The highest BCUT2D eigenvalue weighted by Gasteiger charge is 2.29. The Hall–Kier alpha value is -1.68. The third-order valence-corrected chi connectivity index (χ3v) is 4.95. The number of rotatable bonds is 4. The van der Waals surface area contributed by atoms with Crippen molar-refractivity contribution in [1.82, 2.24) is 10.3 Å². The van der Waals surface area contributed by atoms with Gasteiger partial charge in [-0.15, -0.1) is 11.3 Å². The molecule has 1 amide bonds. The van der Waals surface area contributed by atoms with Gasteiger partial charge in [-0.2, -0.15) is 0 Å². The second-order valence-electron chi connectivity index (χ2n) is 5.31. The topological polar surface area (TPSA) is 42.0 Å². The molecule has 0 spiro atoms. The van der Waals surface area contributed by atoms with E-state index in [2.05, 4.69) is 17.2 Å². The van der Waals surface area contributed by atoms with E-state index in [0.29, 0.717) is 11.0 Å². The molecule has 20 heavy (non-hydrogen) atoms. The molecule has 0 unspecified atom stereocenters. The fourth-order valence-corrected chi connectivity index (χ4v) is 3.37. The first-order chi connectivity index (χ1) is 9.76. The molecule has 0 aliphatic heterocycles. The Balaban J connectivity index is 1.64. The van der Waals surface area contributed by atoms with E-state index < -0.39 is 0 Å². The highest BCUT2D eigenvalue weighted by Crippen LogP contribution is 2.31. The van der Waals surface area contributed by atoms with Crippen LogP contribution in [0.2, 0.25) is 0 Å². The fraction of sp³-hybridized carbons (Fsp3) is 0.375. The Morgan fingerprint density at radius 2 is 2.10 bits per heavy atom. The first-order valence-electron chi connectivity index (χ1n) is 7.08. The van der Waals surface area contributed by atoms with Crippen molar-refractivity contribution in [2.24, 2.45) is 5.92 Å². The summed E-state index contributed by atoms with van der Waals surface area (Å²) in [5, 5.41) is 3.63. The van der Waals surface area contributed by atoms with Gasteiger partial charge in [0, 0.05) is 12.2 Å². The van der Waals surface area contributed by atoms with E-state index in [-0.39, 0.29) is 5.91 Å². The molecule has 0 bridgehead atoms. The van der Waals surface area contributed by atoms with Gasteiger partial charge >= 0.3 is 0 Å². The molecule has 0 radical (unpaired) electrons. The van der Waals surface area contributed by atoms with Crippen LogP contribution >= 0.6 is 11.3 Å². The summed E-state index contributed by atoms with van der Waals surface area (Å²) < 4.78 is 0. The number of amides is 1. The summed E-state index contributed by atoms with van der Waals surface area (Å²) in [5.41, 5.74) is 1.11. The summed E-state index contributed by atoms with van der Waals surface area (Å²) in [4.78, 5) is 17.4. The van der Waals surface area contributed by atoms with Crippen molar-refractivity contribution in [3.8, 4) is 10.4 Å². The average Bonchev–Trinajstić information content (AvgIpc) is 2.93. The molecule has 3 nitrogen and oxygen atoms in total. The lowest BCUT2D eigenvalue weighted by Gasteiger charge is -2.34. The maximum Gasteiger partial charge on any atom is 0.280 e. The Bertz CT molecular complexity index is 588. The quantitative estimate of drug-likeness (QED) is 0.930. The number of hydrogen-bond acceptors (Lipinski definition) is 3. The predicted molar refractivity (Wildman–Crippen MR) is 81.8 cm³/mol. The number of carbonyl (C=O) groups is 1. The van der Waals surface area contributed by atoms with Crippen molar-refractivity contribution in [3.63, 3.8) is 0 Å². The zero-order valence-electron chi connectivity index (χ0n) is 11.5. The van der Waals surface area contributed by atoms with Gasteiger partial charge in [0.1, 0.15) is 0 Å². The molecule has 1 aromatic heterocycles. The van der Waals surface area contributed by atoms with Crippen molar-refractivity contribution in [3.05, 3.63) is 41.5 Å². The second kappa shape index (κ2) is 5.75. The molecule has 1 fully saturated rings. The van der Waals surface area contributed by atoms with Crippen LogP contribution in [0.15, 0.2) is 36.5 Å². The molecule has 4 heteroatoms. The van der Waals surface area contributed by atoms with Crippen LogP contribution in [0.25, 0.3) is 10.4 Å². The van der Waals surface area contributed by atoms with Crippen LogP contribution in [0.3, 0.4) is 0 Å². The normalized spacial score (nSPS) is 21.2. The molecule has 1 aromatic carbocycles. The second-order valence-corrected chi connectivity index (χ2v) is 6.34. The number of thiazole rings is 1. The van der Waals surface area contributed by atoms with E-state index in [0.717, 1.165) is 29.2 Å². The molecule has 0 atom stereocenters. The highest BCUT2D eigenvalue weighted by atomic mass is 32.1. The molecule has 1 N–H and O–H groups in total. The third kappa shape index (κ3) is 2.75. The number of hydrogen-bond donors (Lipinski definition) is 1. The molecular formula is C16H18N2OS. The molecule has 1 aliphatic rings. The Kier molecular flexibility index (Phi) is 3.83. The van der Waals surface area contributed by atoms with Crippen molar-refractivity contribution >= 4 is 17.2 Å². The SMILES string of the molecule is CC[C@H]1C[C@H](NC(=O)c2ncc(-c3ccccc3)s2)C1. The molecule has 1 saturated carbocycles. The lowest BCUT2D eigenvalue weighted by Crippen LogP contribution is -2.44. The largest absolute Gasteiger partial charge is 0.347 e. The van der Waals surface area contributed by atoms with Gasteiger partial charge in [-0.3, -0.25) is 4.79 Å². The first kappa shape index (κ1) is 13.3. The highest BCUT2D eigenvalue weighted by molar-refractivity contribution is 7.16. The van der Waals surface area contributed by atoms with Gasteiger partial charge in [0.2, 0.25) is 0 Å². The number of nitrogens with one attached hydrogen (secondary N) is 1. The lowest BCUT2D eigenvalue weighted by molar-refractivity contribution is 0.0887. The summed E-state index contributed by atoms with van der Waals surface area (Å²) in [5.74, 6) is 0.758. The van der Waals surface area contributed by atoms with E-state index in [9.17, 15) is 4.79 Å². The van der Waals surface area contributed by atoms with Gasteiger partial charge in [-0.1, -0.05) is 43.7 Å².